The fourth-order valence-electron chi connectivity index (χ4n) is 3.13. The lowest BCUT2D eigenvalue weighted by Gasteiger charge is -2.45. The number of azide groups is 1. The van der Waals surface area contributed by atoms with Crippen molar-refractivity contribution in [1.82, 2.24) is 0 Å². The molecule has 12 nitrogen and oxygen atoms in total. The molecule has 1 aliphatic heterocycles. The van der Waals surface area contributed by atoms with E-state index >= 15 is 0 Å². The van der Waals surface area contributed by atoms with Gasteiger partial charge in [-0.25, -0.2) is 0 Å². The second-order valence-corrected chi connectivity index (χ2v) is 6.43. The lowest BCUT2D eigenvalue weighted by atomic mass is 9.80. The topological polar surface area (TPSA) is 209 Å². The Morgan fingerprint density at radius 1 is 1.12 bits per heavy atom. The van der Waals surface area contributed by atoms with Gasteiger partial charge in [-0.05, 0) is 5.53 Å². The molecule has 7 N–H and O–H groups in total. The number of ether oxygens (including phenoxy) is 2. The molecular weight excluding hydrogens is 342 g/mol. The summed E-state index contributed by atoms with van der Waals surface area (Å²) in [5.41, 5.74) is 6.93. The third-order valence-electron chi connectivity index (χ3n) is 4.58. The molecule has 25 heavy (non-hydrogen) atoms. The van der Waals surface area contributed by atoms with Crippen LogP contribution in [0, 0.1) is 0 Å². The Hall–Kier alpha value is -1.05. The molecule has 1 unspecified atom stereocenters. The lowest BCUT2D eigenvalue weighted by molar-refractivity contribution is -0.299. The Morgan fingerprint density at radius 3 is 2.36 bits per heavy atom. The molecule has 1 saturated heterocycles. The number of nitrogens with zero attached hydrogens (tertiary/aromatic N) is 3. The number of hydrogen-bond donors (Lipinski definition) is 7. The van der Waals surface area contributed by atoms with Crippen LogP contribution in [0.4, 0.5) is 0 Å². The summed E-state index contributed by atoms with van der Waals surface area (Å²) in [4.78, 5) is 2.55. The van der Waals surface area contributed by atoms with Crippen molar-refractivity contribution in [3.05, 3.63) is 10.4 Å². The summed E-state index contributed by atoms with van der Waals surface area (Å²) in [6.07, 6.45) is -10.4. The Bertz CT molecular complexity index is 505. The molecule has 2 aliphatic rings. The number of hydrogen-bond acceptors (Lipinski definition) is 10. The van der Waals surface area contributed by atoms with Crippen LogP contribution in [0.15, 0.2) is 5.11 Å². The average Bonchev–Trinajstić information content (AvgIpc) is 2.58. The highest BCUT2D eigenvalue weighted by molar-refractivity contribution is 4.98. The summed E-state index contributed by atoms with van der Waals surface area (Å²) in [7, 11) is 0. The van der Waals surface area contributed by atoms with E-state index in [0.29, 0.717) is 0 Å². The zero-order valence-corrected chi connectivity index (χ0v) is 13.2. The summed E-state index contributed by atoms with van der Waals surface area (Å²) in [6.45, 7) is -1.33. The first-order chi connectivity index (χ1) is 11.8. The zero-order chi connectivity index (χ0) is 18.8. The van der Waals surface area contributed by atoms with Crippen LogP contribution in [0.5, 0.6) is 0 Å². The van der Waals surface area contributed by atoms with E-state index < -0.39 is 67.8 Å². The molecule has 1 saturated carbocycles. The van der Waals surface area contributed by atoms with E-state index in [2.05, 4.69) is 10.0 Å². The fourth-order valence-corrected chi connectivity index (χ4v) is 3.13. The van der Waals surface area contributed by atoms with Crippen LogP contribution in [-0.4, -0.2) is 104 Å². The normalized spacial score (nSPS) is 48.0. The molecule has 0 amide bonds. The van der Waals surface area contributed by atoms with Gasteiger partial charge < -0.3 is 45.2 Å². The highest BCUT2D eigenvalue weighted by Gasteiger charge is 2.49. The molecule has 0 aromatic rings. The second kappa shape index (κ2) is 8.10. The molecule has 0 bridgehead atoms. The van der Waals surface area contributed by atoms with Crippen LogP contribution in [0.25, 0.3) is 10.4 Å². The van der Waals surface area contributed by atoms with Crippen molar-refractivity contribution in [1.29, 1.82) is 0 Å². The van der Waals surface area contributed by atoms with Crippen molar-refractivity contribution in [2.45, 2.75) is 67.4 Å². The Morgan fingerprint density at radius 2 is 1.80 bits per heavy atom. The van der Waals surface area contributed by atoms with Gasteiger partial charge in [-0.15, -0.1) is 0 Å². The SMILES string of the molecule is [N-]=[N+]=NC1[C@@H](O[C@@H]2C[C@](O)(CO)C[C@@H](O)[C@H]2O)O[C@H](CO)[C@@H](O)[C@@H]1O. The van der Waals surface area contributed by atoms with Gasteiger partial charge >= 0.3 is 0 Å². The largest absolute Gasteiger partial charge is 0.394 e. The molecule has 144 valence electrons. The van der Waals surface area contributed by atoms with Gasteiger partial charge in [0.15, 0.2) is 6.29 Å². The molecule has 0 aromatic carbocycles. The maximum absolute atomic E-state index is 10.2. The van der Waals surface area contributed by atoms with Crippen LogP contribution < -0.4 is 0 Å². The first-order valence-electron chi connectivity index (χ1n) is 7.78. The minimum absolute atomic E-state index is 0.257. The molecule has 1 aliphatic carbocycles. The average molecular weight is 365 g/mol. The van der Waals surface area contributed by atoms with Crippen LogP contribution in [-0.2, 0) is 9.47 Å². The van der Waals surface area contributed by atoms with E-state index in [-0.39, 0.29) is 12.8 Å². The Kier molecular flexibility index (Phi) is 6.56. The fraction of sp³-hybridized carbons (Fsp3) is 1.00. The molecule has 1 heterocycles. The highest BCUT2D eigenvalue weighted by Crippen LogP contribution is 2.33. The maximum atomic E-state index is 10.2. The predicted octanol–water partition coefficient (Wildman–Crippen LogP) is -3.27. The number of aliphatic hydroxyl groups excluding tert-OH is 6. The van der Waals surface area contributed by atoms with Gasteiger partial charge in [0.2, 0.25) is 0 Å². The van der Waals surface area contributed by atoms with Crippen molar-refractivity contribution >= 4 is 0 Å². The van der Waals surface area contributed by atoms with E-state index in [9.17, 15) is 35.7 Å². The molecular formula is C13H23N3O9. The third-order valence-corrected chi connectivity index (χ3v) is 4.58. The summed E-state index contributed by atoms with van der Waals surface area (Å²) in [5, 5.41) is 71.8. The summed E-state index contributed by atoms with van der Waals surface area (Å²) < 4.78 is 10.8. The zero-order valence-electron chi connectivity index (χ0n) is 13.2. The van der Waals surface area contributed by atoms with Gasteiger partial charge in [-0.1, -0.05) is 5.11 Å². The monoisotopic (exact) mass is 365 g/mol. The van der Waals surface area contributed by atoms with Crippen molar-refractivity contribution in [3.8, 4) is 0 Å². The van der Waals surface area contributed by atoms with E-state index in [4.69, 9.17) is 15.0 Å². The van der Waals surface area contributed by atoms with Crippen molar-refractivity contribution in [3.63, 3.8) is 0 Å². The molecule has 0 radical (unpaired) electrons. The summed E-state index contributed by atoms with van der Waals surface area (Å²) in [5.74, 6) is 0. The van der Waals surface area contributed by atoms with Crippen LogP contribution in [0.2, 0.25) is 0 Å². The molecule has 2 rings (SSSR count). The van der Waals surface area contributed by atoms with Crippen molar-refractivity contribution in [2.24, 2.45) is 5.11 Å². The molecule has 12 heteroatoms. The number of aliphatic hydroxyl groups is 7. The lowest BCUT2D eigenvalue weighted by Crippen LogP contribution is -2.61. The van der Waals surface area contributed by atoms with Gasteiger partial charge in [0.05, 0.1) is 37.1 Å². The van der Waals surface area contributed by atoms with Crippen LogP contribution in [0.1, 0.15) is 12.8 Å². The number of rotatable bonds is 5. The minimum Gasteiger partial charge on any atom is -0.394 e. The molecule has 2 fully saturated rings. The predicted molar refractivity (Wildman–Crippen MR) is 78.9 cm³/mol. The van der Waals surface area contributed by atoms with Gasteiger partial charge in [0.1, 0.15) is 24.4 Å². The van der Waals surface area contributed by atoms with Gasteiger partial charge in [-0.3, -0.25) is 0 Å². The molecule has 0 spiro atoms. The highest BCUT2D eigenvalue weighted by atomic mass is 16.7. The maximum Gasteiger partial charge on any atom is 0.169 e. The Labute approximate surface area is 142 Å². The van der Waals surface area contributed by atoms with Gasteiger partial charge in [0, 0.05) is 17.8 Å². The first kappa shape index (κ1) is 20.3. The first-order valence-corrected chi connectivity index (χ1v) is 7.78. The Balaban J connectivity index is 2.20. The summed E-state index contributed by atoms with van der Waals surface area (Å²) in [6, 6.07) is -1.39. The van der Waals surface area contributed by atoms with E-state index in [1.807, 2.05) is 0 Å². The smallest absolute Gasteiger partial charge is 0.169 e. The molecule has 9 atom stereocenters. The van der Waals surface area contributed by atoms with E-state index in [0.717, 1.165) is 0 Å². The van der Waals surface area contributed by atoms with Crippen LogP contribution in [0.3, 0.4) is 0 Å². The molecule has 0 aromatic heterocycles. The van der Waals surface area contributed by atoms with Gasteiger partial charge in [0.25, 0.3) is 0 Å². The van der Waals surface area contributed by atoms with E-state index in [1.165, 1.54) is 0 Å². The van der Waals surface area contributed by atoms with Crippen molar-refractivity contribution < 1.29 is 45.2 Å². The van der Waals surface area contributed by atoms with Crippen LogP contribution >= 0.6 is 0 Å². The van der Waals surface area contributed by atoms with Gasteiger partial charge in [-0.2, -0.15) is 0 Å². The standard InChI is InChI=1S/C13H23N3O9/c14-16-15-8-11(22)10(21)7(3-17)25-12(8)24-6-2-13(23,4-18)1-5(19)9(6)20/h5-12,17-23H,1-4H2/t5-,6-,7-,8?,9-,10-,11-,12+,13+/m1/s1. The third kappa shape index (κ3) is 4.20. The quantitative estimate of drug-likeness (QED) is 0.148. The minimum atomic E-state index is -1.69. The second-order valence-electron chi connectivity index (χ2n) is 6.43. The van der Waals surface area contributed by atoms with Crippen molar-refractivity contribution in [2.75, 3.05) is 13.2 Å². The summed E-state index contributed by atoms with van der Waals surface area (Å²) >= 11 is 0. The van der Waals surface area contributed by atoms with E-state index in [1.54, 1.807) is 0 Å².